The van der Waals surface area contributed by atoms with Crippen molar-refractivity contribution in [2.45, 2.75) is 10.9 Å². The molecule has 1 aromatic heterocycles. The van der Waals surface area contributed by atoms with Gasteiger partial charge in [-0.15, -0.1) is 0 Å². The minimum absolute atomic E-state index is 0.121. The molecule has 0 bridgehead atoms. The predicted octanol–water partition coefficient (Wildman–Crippen LogP) is 3.18. The first-order chi connectivity index (χ1) is 9.72. The number of H-pyrrole nitrogens is 2. The van der Waals surface area contributed by atoms with Crippen LogP contribution in [-0.4, -0.2) is 9.91 Å². The number of aromatic nitrogens is 2. The standard InChI is InChI=1S/C14H11N3O2S/c18-17(19)11-7-5-10(6-8-11)9-20-14-15-12-3-1-2-4-13(12)16-14/h1-8H,9H2,(H,15,16)/p+1. The lowest BCUT2D eigenvalue weighted by Gasteiger charge is -1.96. The van der Waals surface area contributed by atoms with Gasteiger partial charge in [0.15, 0.2) is 11.0 Å². The summed E-state index contributed by atoms with van der Waals surface area (Å²) in [6, 6.07) is 14.6. The Morgan fingerprint density at radius 3 is 2.60 bits per heavy atom. The van der Waals surface area contributed by atoms with E-state index in [-0.39, 0.29) is 10.6 Å². The molecule has 2 N–H and O–H groups in total. The number of hydrogen-bond acceptors (Lipinski definition) is 3. The molecule has 3 rings (SSSR count). The number of benzene rings is 2. The fourth-order valence-electron chi connectivity index (χ4n) is 1.92. The molecule has 0 aliphatic rings. The van der Waals surface area contributed by atoms with E-state index in [2.05, 4.69) is 9.97 Å². The molecule has 0 saturated carbocycles. The molecule has 20 heavy (non-hydrogen) atoms. The second-order valence-corrected chi connectivity index (χ2v) is 5.32. The number of thioether (sulfide) groups is 1. The average molecular weight is 286 g/mol. The van der Waals surface area contributed by atoms with Crippen LogP contribution >= 0.6 is 11.8 Å². The largest absolute Gasteiger partial charge is 0.314 e. The molecule has 0 aliphatic heterocycles. The molecule has 0 unspecified atom stereocenters. The highest BCUT2D eigenvalue weighted by molar-refractivity contribution is 7.98. The van der Waals surface area contributed by atoms with Gasteiger partial charge in [0, 0.05) is 17.9 Å². The highest BCUT2D eigenvalue weighted by Gasteiger charge is 2.10. The van der Waals surface area contributed by atoms with Gasteiger partial charge in [-0.1, -0.05) is 24.3 Å². The minimum atomic E-state index is -0.387. The molecular formula is C14H12N3O2S+. The highest BCUT2D eigenvalue weighted by atomic mass is 32.2. The van der Waals surface area contributed by atoms with Crippen molar-refractivity contribution in [2.24, 2.45) is 0 Å². The molecule has 0 atom stereocenters. The Bertz CT molecular complexity index is 719. The molecule has 2 aromatic carbocycles. The van der Waals surface area contributed by atoms with Crippen molar-refractivity contribution in [1.29, 1.82) is 0 Å². The third-order valence-corrected chi connectivity index (χ3v) is 3.92. The summed E-state index contributed by atoms with van der Waals surface area (Å²) in [6.45, 7) is 0. The van der Waals surface area contributed by atoms with E-state index in [9.17, 15) is 10.1 Å². The van der Waals surface area contributed by atoms with Crippen LogP contribution in [0.15, 0.2) is 53.7 Å². The minimum Gasteiger partial charge on any atom is -0.258 e. The third-order valence-electron chi connectivity index (χ3n) is 2.95. The average Bonchev–Trinajstić information content (AvgIpc) is 2.88. The number of nitrogens with zero attached hydrogens (tertiary/aromatic N) is 1. The van der Waals surface area contributed by atoms with E-state index in [4.69, 9.17) is 0 Å². The summed E-state index contributed by atoms with van der Waals surface area (Å²) < 4.78 is 0. The Labute approximate surface area is 119 Å². The van der Waals surface area contributed by atoms with Crippen LogP contribution in [0, 0.1) is 10.1 Å². The number of nitro benzene ring substituents is 1. The lowest BCUT2D eigenvalue weighted by atomic mass is 10.2. The Morgan fingerprint density at radius 2 is 1.90 bits per heavy atom. The van der Waals surface area contributed by atoms with Crippen molar-refractivity contribution in [2.75, 3.05) is 0 Å². The van der Waals surface area contributed by atoms with E-state index in [1.807, 2.05) is 24.3 Å². The second kappa shape index (κ2) is 5.34. The molecule has 0 amide bonds. The van der Waals surface area contributed by atoms with Gasteiger partial charge in [0.1, 0.15) is 0 Å². The van der Waals surface area contributed by atoms with Crippen LogP contribution < -0.4 is 4.98 Å². The Balaban J connectivity index is 1.71. The fourth-order valence-corrected chi connectivity index (χ4v) is 2.79. The van der Waals surface area contributed by atoms with Crippen LogP contribution in [-0.2, 0) is 5.75 Å². The SMILES string of the molecule is O=[N+]([O-])c1ccc(CSc2[nH]c3ccccc3[nH+]2)cc1. The summed E-state index contributed by atoms with van der Waals surface area (Å²) in [7, 11) is 0. The maximum absolute atomic E-state index is 10.6. The van der Waals surface area contributed by atoms with Gasteiger partial charge in [0.25, 0.3) is 5.69 Å². The number of rotatable bonds is 4. The van der Waals surface area contributed by atoms with Crippen LogP contribution in [0.2, 0.25) is 0 Å². The summed E-state index contributed by atoms with van der Waals surface area (Å²) in [5, 5.41) is 11.6. The molecule has 0 radical (unpaired) electrons. The van der Waals surface area contributed by atoms with Crippen LogP contribution in [0.1, 0.15) is 5.56 Å². The van der Waals surface area contributed by atoms with E-state index in [0.29, 0.717) is 0 Å². The van der Waals surface area contributed by atoms with Crippen molar-refractivity contribution in [1.82, 2.24) is 4.98 Å². The third kappa shape index (κ3) is 2.65. The van der Waals surface area contributed by atoms with Gasteiger partial charge in [-0.3, -0.25) is 10.1 Å². The van der Waals surface area contributed by atoms with Crippen molar-refractivity contribution in [3.05, 3.63) is 64.2 Å². The van der Waals surface area contributed by atoms with E-state index >= 15 is 0 Å². The van der Waals surface area contributed by atoms with Crippen molar-refractivity contribution in [3.63, 3.8) is 0 Å². The first-order valence-electron chi connectivity index (χ1n) is 6.08. The van der Waals surface area contributed by atoms with Gasteiger partial charge in [-0.2, -0.15) is 0 Å². The molecule has 3 aromatic rings. The zero-order chi connectivity index (χ0) is 13.9. The molecule has 0 fully saturated rings. The number of non-ortho nitro benzene ring substituents is 1. The smallest absolute Gasteiger partial charge is 0.258 e. The van der Waals surface area contributed by atoms with Crippen LogP contribution in [0.4, 0.5) is 5.69 Å². The highest BCUT2D eigenvalue weighted by Crippen LogP contribution is 2.21. The van der Waals surface area contributed by atoms with E-state index in [0.717, 1.165) is 27.5 Å². The molecular weight excluding hydrogens is 274 g/mol. The number of nitrogens with one attached hydrogen (secondary N) is 2. The normalized spacial score (nSPS) is 10.8. The molecule has 0 saturated heterocycles. The molecule has 0 spiro atoms. The van der Waals surface area contributed by atoms with Crippen molar-refractivity contribution < 1.29 is 9.91 Å². The Hall–Kier alpha value is -2.34. The van der Waals surface area contributed by atoms with Crippen molar-refractivity contribution in [3.8, 4) is 0 Å². The van der Waals surface area contributed by atoms with E-state index in [1.54, 1.807) is 23.9 Å². The number of para-hydroxylation sites is 2. The summed E-state index contributed by atoms with van der Waals surface area (Å²) in [5.41, 5.74) is 3.31. The lowest BCUT2D eigenvalue weighted by molar-refractivity contribution is -0.396. The second-order valence-electron chi connectivity index (χ2n) is 4.34. The van der Waals surface area contributed by atoms with Gasteiger partial charge in [0.2, 0.25) is 0 Å². The molecule has 100 valence electrons. The number of nitro groups is 1. The molecule has 1 heterocycles. The number of fused-ring (bicyclic) bond motifs is 1. The number of aromatic amines is 2. The first kappa shape index (κ1) is 12.7. The van der Waals surface area contributed by atoms with Crippen LogP contribution in [0.25, 0.3) is 11.0 Å². The van der Waals surface area contributed by atoms with Gasteiger partial charge in [-0.25, -0.2) is 9.97 Å². The van der Waals surface area contributed by atoms with Gasteiger partial charge >= 0.3 is 5.16 Å². The summed E-state index contributed by atoms with van der Waals surface area (Å²) in [4.78, 5) is 16.8. The molecule has 5 nitrogen and oxygen atoms in total. The summed E-state index contributed by atoms with van der Waals surface area (Å²) in [5.74, 6) is 0.751. The fraction of sp³-hybridized carbons (Fsp3) is 0.0714. The number of imidazole rings is 1. The lowest BCUT2D eigenvalue weighted by Crippen LogP contribution is -2.01. The quantitative estimate of drug-likeness (QED) is 0.455. The monoisotopic (exact) mass is 286 g/mol. The zero-order valence-corrected chi connectivity index (χ0v) is 11.3. The van der Waals surface area contributed by atoms with Crippen LogP contribution in [0.3, 0.4) is 0 Å². The number of hydrogen-bond donors (Lipinski definition) is 1. The van der Waals surface area contributed by atoms with Crippen molar-refractivity contribution >= 4 is 28.5 Å². The zero-order valence-electron chi connectivity index (χ0n) is 10.5. The van der Waals surface area contributed by atoms with Crippen LogP contribution in [0.5, 0.6) is 0 Å². The molecule has 0 aliphatic carbocycles. The topological polar surface area (TPSA) is 73.1 Å². The summed E-state index contributed by atoms with van der Waals surface area (Å²) >= 11 is 1.63. The van der Waals surface area contributed by atoms with E-state index in [1.165, 1.54) is 12.1 Å². The Morgan fingerprint density at radius 1 is 1.15 bits per heavy atom. The maximum Gasteiger partial charge on any atom is 0.314 e. The maximum atomic E-state index is 10.6. The Kier molecular flexibility index (Phi) is 3.39. The summed E-state index contributed by atoms with van der Waals surface area (Å²) in [6.07, 6.45) is 0. The van der Waals surface area contributed by atoms with E-state index < -0.39 is 0 Å². The predicted molar refractivity (Wildman–Crippen MR) is 77.5 cm³/mol. The van der Waals surface area contributed by atoms with Gasteiger partial charge in [-0.05, 0) is 29.5 Å². The molecule has 6 heteroatoms. The first-order valence-corrected chi connectivity index (χ1v) is 7.07. The van der Waals surface area contributed by atoms with Gasteiger partial charge < -0.3 is 0 Å². The van der Waals surface area contributed by atoms with Gasteiger partial charge in [0.05, 0.1) is 4.92 Å².